The number of rotatable bonds is 4. The van der Waals surface area contributed by atoms with Crippen molar-refractivity contribution in [1.29, 1.82) is 0 Å². The van der Waals surface area contributed by atoms with E-state index in [4.69, 9.17) is 5.73 Å². The first kappa shape index (κ1) is 11.0. The van der Waals surface area contributed by atoms with Gasteiger partial charge >= 0.3 is 0 Å². The van der Waals surface area contributed by atoms with Crippen LogP contribution in [0.5, 0.6) is 0 Å². The van der Waals surface area contributed by atoms with Crippen LogP contribution in [0, 0.1) is 6.92 Å². The molecule has 0 saturated heterocycles. The molecule has 84 valence electrons. The number of nitrogens with two attached hydrogens (primary N) is 1. The molecule has 2 aromatic rings. The maximum atomic E-state index is 5.78. The van der Waals surface area contributed by atoms with Gasteiger partial charge in [0.25, 0.3) is 0 Å². The van der Waals surface area contributed by atoms with E-state index in [2.05, 4.69) is 21.7 Å². The lowest BCUT2D eigenvalue weighted by molar-refractivity contribution is 0.977. The maximum absolute atomic E-state index is 5.78. The Bertz CT molecular complexity index is 431. The Hall–Kier alpha value is -1.55. The van der Waals surface area contributed by atoms with Gasteiger partial charge in [-0.2, -0.15) is 0 Å². The number of benzene rings is 1. The van der Waals surface area contributed by atoms with Crippen molar-refractivity contribution in [2.24, 2.45) is 0 Å². The monoisotopic (exact) mass is 233 g/mol. The molecule has 2 rings (SSSR count). The number of hydrogen-bond donors (Lipinski definition) is 2. The number of nitrogens with one attached hydrogen (secondary N) is 1. The third-order valence-corrected chi connectivity index (χ3v) is 2.93. The van der Waals surface area contributed by atoms with Gasteiger partial charge in [0.05, 0.1) is 11.2 Å². The van der Waals surface area contributed by atoms with Gasteiger partial charge in [0.2, 0.25) is 0 Å². The van der Waals surface area contributed by atoms with Crippen LogP contribution in [-0.2, 0) is 6.42 Å². The molecule has 16 heavy (non-hydrogen) atoms. The summed E-state index contributed by atoms with van der Waals surface area (Å²) in [6.07, 6.45) is 0.942. The Morgan fingerprint density at radius 1 is 1.38 bits per heavy atom. The highest BCUT2D eigenvalue weighted by molar-refractivity contribution is 7.07. The van der Waals surface area contributed by atoms with Crippen molar-refractivity contribution >= 4 is 22.7 Å². The lowest BCUT2D eigenvalue weighted by atomic mass is 10.2. The van der Waals surface area contributed by atoms with Gasteiger partial charge in [0.1, 0.15) is 0 Å². The quantitative estimate of drug-likeness (QED) is 0.798. The molecular weight excluding hydrogens is 218 g/mol. The van der Waals surface area contributed by atoms with Crippen molar-refractivity contribution in [2.75, 3.05) is 17.6 Å². The largest absolute Gasteiger partial charge is 0.399 e. The Morgan fingerprint density at radius 3 is 2.94 bits per heavy atom. The highest BCUT2D eigenvalue weighted by atomic mass is 32.1. The Morgan fingerprint density at radius 2 is 2.25 bits per heavy atom. The predicted octanol–water partition coefficient (Wildman–Crippen LogP) is 2.69. The fraction of sp³-hybridized carbons (Fsp3) is 0.250. The zero-order chi connectivity index (χ0) is 11.4. The Labute approximate surface area is 99.3 Å². The van der Waals surface area contributed by atoms with Gasteiger partial charge in [-0.1, -0.05) is 0 Å². The van der Waals surface area contributed by atoms with Crippen LogP contribution in [0.2, 0.25) is 0 Å². The van der Waals surface area contributed by atoms with Gasteiger partial charge in [-0.05, 0) is 30.7 Å². The van der Waals surface area contributed by atoms with E-state index < -0.39 is 0 Å². The van der Waals surface area contributed by atoms with Crippen LogP contribution >= 0.6 is 11.3 Å². The number of hydrogen-bond acceptors (Lipinski definition) is 4. The molecule has 0 fully saturated rings. The zero-order valence-corrected chi connectivity index (χ0v) is 10.1. The minimum absolute atomic E-state index is 0.802. The molecule has 0 amide bonds. The normalized spacial score (nSPS) is 10.3. The van der Waals surface area contributed by atoms with Crippen LogP contribution < -0.4 is 11.1 Å². The van der Waals surface area contributed by atoms with Gasteiger partial charge < -0.3 is 11.1 Å². The van der Waals surface area contributed by atoms with Crippen molar-refractivity contribution < 1.29 is 0 Å². The highest BCUT2D eigenvalue weighted by Crippen LogP contribution is 2.15. The van der Waals surface area contributed by atoms with E-state index >= 15 is 0 Å². The molecule has 0 bridgehead atoms. The molecule has 1 heterocycles. The summed E-state index contributed by atoms with van der Waals surface area (Å²) in [5, 5.41) is 5.42. The summed E-state index contributed by atoms with van der Waals surface area (Å²) in [7, 11) is 0. The van der Waals surface area contributed by atoms with Gasteiger partial charge in [-0.25, -0.2) is 4.98 Å². The fourth-order valence-electron chi connectivity index (χ4n) is 1.61. The van der Waals surface area contributed by atoms with E-state index in [1.807, 2.05) is 24.6 Å². The predicted molar refractivity (Wildman–Crippen MR) is 69.9 cm³/mol. The van der Waals surface area contributed by atoms with Gasteiger partial charge in [-0.15, -0.1) is 11.3 Å². The molecule has 0 unspecified atom stereocenters. The molecule has 3 nitrogen and oxygen atoms in total. The zero-order valence-electron chi connectivity index (χ0n) is 9.23. The van der Waals surface area contributed by atoms with Crippen LogP contribution in [0.4, 0.5) is 11.4 Å². The third-order valence-electron chi connectivity index (χ3n) is 2.29. The van der Waals surface area contributed by atoms with Crippen LogP contribution in [0.1, 0.15) is 11.3 Å². The number of nitrogens with zero attached hydrogens (tertiary/aromatic N) is 1. The van der Waals surface area contributed by atoms with Gasteiger partial charge in [0.15, 0.2) is 0 Å². The molecule has 4 heteroatoms. The van der Waals surface area contributed by atoms with E-state index in [0.29, 0.717) is 0 Å². The molecule has 0 aliphatic heterocycles. The van der Waals surface area contributed by atoms with Crippen molar-refractivity contribution in [3.63, 3.8) is 0 Å². The van der Waals surface area contributed by atoms with Crippen molar-refractivity contribution in [2.45, 2.75) is 13.3 Å². The molecule has 0 aliphatic carbocycles. The van der Waals surface area contributed by atoms with Crippen LogP contribution in [-0.4, -0.2) is 11.5 Å². The molecule has 0 aliphatic rings. The maximum Gasteiger partial charge on any atom is 0.0794 e. The molecule has 0 saturated carbocycles. The minimum Gasteiger partial charge on any atom is -0.399 e. The first-order valence-electron chi connectivity index (χ1n) is 5.22. The molecule has 3 N–H and O–H groups in total. The fourth-order valence-corrected chi connectivity index (χ4v) is 2.20. The molecule has 0 spiro atoms. The summed E-state index contributed by atoms with van der Waals surface area (Å²) in [5.41, 5.74) is 11.8. The summed E-state index contributed by atoms with van der Waals surface area (Å²) >= 11 is 1.63. The second-order valence-electron chi connectivity index (χ2n) is 3.79. The van der Waals surface area contributed by atoms with Crippen molar-refractivity contribution in [3.8, 4) is 0 Å². The molecule has 1 aromatic heterocycles. The summed E-state index contributed by atoms with van der Waals surface area (Å²) in [5.74, 6) is 0. The number of anilines is 2. The van der Waals surface area contributed by atoms with E-state index in [1.165, 1.54) is 5.56 Å². The number of aryl methyl sites for hydroxylation is 1. The Kier molecular flexibility index (Phi) is 3.41. The average Bonchev–Trinajstić information content (AvgIpc) is 2.69. The standard InChI is InChI=1S/C12H15N3S/c1-9-4-10(13)6-12(5-9)14-3-2-11-7-16-8-15-11/h4-8,14H,2-3,13H2,1H3. The second kappa shape index (κ2) is 4.99. The second-order valence-corrected chi connectivity index (χ2v) is 4.51. The lowest BCUT2D eigenvalue weighted by Gasteiger charge is -2.07. The van der Waals surface area contributed by atoms with Gasteiger partial charge in [0, 0.05) is 29.7 Å². The highest BCUT2D eigenvalue weighted by Gasteiger charge is 1.97. The third kappa shape index (κ3) is 2.97. The van der Waals surface area contributed by atoms with Crippen molar-refractivity contribution in [3.05, 3.63) is 40.3 Å². The van der Waals surface area contributed by atoms with Gasteiger partial charge in [-0.3, -0.25) is 0 Å². The van der Waals surface area contributed by atoms with E-state index in [0.717, 1.165) is 30.0 Å². The number of nitrogen functional groups attached to an aromatic ring is 1. The van der Waals surface area contributed by atoms with Crippen LogP contribution in [0.15, 0.2) is 29.1 Å². The molecular formula is C12H15N3S. The topological polar surface area (TPSA) is 50.9 Å². The van der Waals surface area contributed by atoms with E-state index in [1.54, 1.807) is 11.3 Å². The number of thiazole rings is 1. The van der Waals surface area contributed by atoms with E-state index in [9.17, 15) is 0 Å². The minimum atomic E-state index is 0.802. The first-order valence-corrected chi connectivity index (χ1v) is 6.16. The smallest absolute Gasteiger partial charge is 0.0794 e. The summed E-state index contributed by atoms with van der Waals surface area (Å²) < 4.78 is 0. The van der Waals surface area contributed by atoms with E-state index in [-0.39, 0.29) is 0 Å². The average molecular weight is 233 g/mol. The SMILES string of the molecule is Cc1cc(N)cc(NCCc2cscn2)c1. The van der Waals surface area contributed by atoms with Crippen LogP contribution in [0.3, 0.4) is 0 Å². The van der Waals surface area contributed by atoms with Crippen LogP contribution in [0.25, 0.3) is 0 Å². The number of aromatic nitrogens is 1. The molecule has 0 radical (unpaired) electrons. The summed E-state index contributed by atoms with van der Waals surface area (Å²) in [6.45, 7) is 2.93. The summed E-state index contributed by atoms with van der Waals surface area (Å²) in [6, 6.07) is 6.01. The Balaban J connectivity index is 1.89. The summed E-state index contributed by atoms with van der Waals surface area (Å²) in [4.78, 5) is 4.24. The van der Waals surface area contributed by atoms with Crippen molar-refractivity contribution in [1.82, 2.24) is 4.98 Å². The molecule has 1 aromatic carbocycles. The first-order chi connectivity index (χ1) is 7.74. The lowest BCUT2D eigenvalue weighted by Crippen LogP contribution is -2.05. The molecule has 0 atom stereocenters.